The predicted molar refractivity (Wildman–Crippen MR) is 255 cm³/mol. The number of amides is 3. The van der Waals surface area contributed by atoms with Crippen LogP contribution in [0.3, 0.4) is 0 Å². The summed E-state index contributed by atoms with van der Waals surface area (Å²) < 4.78 is 10.4. The molecule has 0 aliphatic carbocycles. The number of nitrogens with one attached hydrogen (secondary N) is 1. The minimum absolute atomic E-state index is 0.0924. The SMILES string of the molecule is CC1CCN(C(=O)c2ccc3c(c2)c2c(n3Cc3ccccn3)CCN(C(=O)OC(C)(C)C)C2)CC1.CC1CCN(C(=O)c2ccc3c(c2)c2c(n3Cc3ccccn3)CCNC2)CC1. The van der Waals surface area contributed by atoms with Crippen LogP contribution in [-0.4, -0.2) is 96.6 Å². The largest absolute Gasteiger partial charge is 0.444 e. The second kappa shape index (κ2) is 18.8. The Balaban J connectivity index is 0.000000168. The first-order valence-corrected chi connectivity index (χ1v) is 23.7. The molecule has 3 amide bonds. The van der Waals surface area contributed by atoms with Gasteiger partial charge in [0.05, 0.1) is 31.0 Å². The monoisotopic (exact) mass is 877 g/mol. The van der Waals surface area contributed by atoms with E-state index in [2.05, 4.69) is 62.5 Å². The van der Waals surface area contributed by atoms with Gasteiger partial charge in [-0.15, -0.1) is 0 Å². The number of aromatic nitrogens is 4. The molecular formula is C53H64N8O4. The molecule has 0 bridgehead atoms. The summed E-state index contributed by atoms with van der Waals surface area (Å²) in [5.41, 5.74) is 10.3. The molecule has 65 heavy (non-hydrogen) atoms. The van der Waals surface area contributed by atoms with E-state index in [1.807, 2.05) is 91.5 Å². The molecular weight excluding hydrogens is 813 g/mol. The zero-order chi connectivity index (χ0) is 45.2. The van der Waals surface area contributed by atoms with E-state index in [0.717, 1.165) is 124 Å². The van der Waals surface area contributed by atoms with Crippen molar-refractivity contribution in [2.75, 3.05) is 39.3 Å². The molecule has 0 unspecified atom stereocenters. The Morgan fingerprint density at radius 1 is 0.646 bits per heavy atom. The second-order valence-corrected chi connectivity index (χ2v) is 19.7. The highest BCUT2D eigenvalue weighted by Gasteiger charge is 2.31. The van der Waals surface area contributed by atoms with Gasteiger partial charge < -0.3 is 33.9 Å². The maximum absolute atomic E-state index is 13.4. The Kier molecular flexibility index (Phi) is 12.8. The molecule has 340 valence electrons. The summed E-state index contributed by atoms with van der Waals surface area (Å²) in [5.74, 6) is 1.66. The third-order valence-corrected chi connectivity index (χ3v) is 13.8. The molecule has 4 aliphatic rings. The van der Waals surface area contributed by atoms with Crippen LogP contribution in [0.25, 0.3) is 21.8 Å². The van der Waals surface area contributed by atoms with Gasteiger partial charge in [-0.3, -0.25) is 19.6 Å². The van der Waals surface area contributed by atoms with Crippen LogP contribution in [0.15, 0.2) is 85.2 Å². The van der Waals surface area contributed by atoms with Crippen molar-refractivity contribution >= 4 is 39.7 Å². The van der Waals surface area contributed by atoms with Crippen LogP contribution in [0.4, 0.5) is 4.79 Å². The molecule has 0 radical (unpaired) electrons. The topological polar surface area (TPSA) is 118 Å². The molecule has 10 rings (SSSR count). The zero-order valence-corrected chi connectivity index (χ0v) is 38.8. The van der Waals surface area contributed by atoms with Crippen LogP contribution < -0.4 is 5.32 Å². The Morgan fingerprint density at radius 3 is 1.65 bits per heavy atom. The Hall–Kier alpha value is -6.01. The number of likely N-dealkylation sites (tertiary alicyclic amines) is 2. The van der Waals surface area contributed by atoms with Gasteiger partial charge in [-0.05, 0) is 125 Å². The van der Waals surface area contributed by atoms with Crippen LogP contribution in [0.5, 0.6) is 0 Å². The number of piperidine rings is 2. The first-order valence-electron chi connectivity index (χ1n) is 23.7. The molecule has 8 heterocycles. The fourth-order valence-corrected chi connectivity index (χ4v) is 10.0. The van der Waals surface area contributed by atoms with E-state index in [1.54, 1.807) is 4.90 Å². The van der Waals surface area contributed by atoms with Crippen LogP contribution >= 0.6 is 0 Å². The second-order valence-electron chi connectivity index (χ2n) is 19.7. The average Bonchev–Trinajstić information content (AvgIpc) is 3.79. The van der Waals surface area contributed by atoms with E-state index in [9.17, 15) is 14.4 Å². The van der Waals surface area contributed by atoms with E-state index in [0.29, 0.717) is 31.1 Å². The van der Waals surface area contributed by atoms with Crippen LogP contribution in [-0.2, 0) is 43.8 Å². The maximum Gasteiger partial charge on any atom is 0.410 e. The third kappa shape index (κ3) is 9.69. The molecule has 12 heteroatoms. The van der Waals surface area contributed by atoms with Gasteiger partial charge in [-0.1, -0.05) is 26.0 Å². The summed E-state index contributed by atoms with van der Waals surface area (Å²) >= 11 is 0. The van der Waals surface area contributed by atoms with Gasteiger partial charge in [0.1, 0.15) is 5.60 Å². The van der Waals surface area contributed by atoms with E-state index in [1.165, 1.54) is 27.9 Å². The van der Waals surface area contributed by atoms with Gasteiger partial charge in [0.2, 0.25) is 0 Å². The van der Waals surface area contributed by atoms with Gasteiger partial charge in [0.25, 0.3) is 11.8 Å². The number of carbonyl (C=O) groups is 3. The zero-order valence-electron chi connectivity index (χ0n) is 38.8. The van der Waals surface area contributed by atoms with Crippen LogP contribution in [0.1, 0.15) is 115 Å². The number of hydrogen-bond acceptors (Lipinski definition) is 7. The number of carbonyl (C=O) groups excluding carboxylic acids is 3. The lowest BCUT2D eigenvalue weighted by molar-refractivity contribution is 0.0223. The lowest BCUT2D eigenvalue weighted by Crippen LogP contribution is -2.40. The number of benzene rings is 2. The molecule has 6 aromatic rings. The van der Waals surface area contributed by atoms with Crippen molar-refractivity contribution in [3.8, 4) is 0 Å². The van der Waals surface area contributed by atoms with E-state index >= 15 is 0 Å². The number of pyridine rings is 2. The quantitative estimate of drug-likeness (QED) is 0.178. The Labute approximate surface area is 383 Å². The number of rotatable bonds is 6. The molecule has 2 saturated heterocycles. The van der Waals surface area contributed by atoms with Gasteiger partial charge in [0, 0.05) is 121 Å². The summed E-state index contributed by atoms with van der Waals surface area (Å²) in [7, 11) is 0. The third-order valence-electron chi connectivity index (χ3n) is 13.8. The van der Waals surface area contributed by atoms with Crippen LogP contribution in [0.2, 0.25) is 0 Å². The normalized spacial score (nSPS) is 17.1. The highest BCUT2D eigenvalue weighted by Crippen LogP contribution is 2.34. The Morgan fingerprint density at radius 2 is 1.15 bits per heavy atom. The van der Waals surface area contributed by atoms with Gasteiger partial charge in [-0.25, -0.2) is 4.79 Å². The molecule has 0 atom stereocenters. The molecule has 0 spiro atoms. The van der Waals surface area contributed by atoms with Crippen LogP contribution in [0, 0.1) is 11.8 Å². The van der Waals surface area contributed by atoms with Gasteiger partial charge >= 0.3 is 6.09 Å². The van der Waals surface area contributed by atoms with Crippen molar-refractivity contribution in [1.82, 2.24) is 39.1 Å². The van der Waals surface area contributed by atoms with Crippen molar-refractivity contribution in [1.29, 1.82) is 0 Å². The number of nitrogens with zero attached hydrogens (tertiary/aromatic N) is 7. The van der Waals surface area contributed by atoms with Crippen molar-refractivity contribution in [2.45, 2.75) is 105 Å². The van der Waals surface area contributed by atoms with Crippen molar-refractivity contribution in [3.05, 3.63) is 130 Å². The number of hydrogen-bond donors (Lipinski definition) is 1. The van der Waals surface area contributed by atoms with Gasteiger partial charge in [-0.2, -0.15) is 0 Å². The smallest absolute Gasteiger partial charge is 0.410 e. The minimum Gasteiger partial charge on any atom is -0.444 e. The molecule has 2 fully saturated rings. The molecule has 12 nitrogen and oxygen atoms in total. The lowest BCUT2D eigenvalue weighted by Gasteiger charge is -2.31. The summed E-state index contributed by atoms with van der Waals surface area (Å²) in [5, 5.41) is 5.74. The highest BCUT2D eigenvalue weighted by molar-refractivity contribution is 6.00. The van der Waals surface area contributed by atoms with E-state index < -0.39 is 5.60 Å². The fraction of sp³-hybridized carbons (Fsp3) is 0.453. The molecule has 4 aliphatic heterocycles. The van der Waals surface area contributed by atoms with Crippen molar-refractivity contribution in [3.63, 3.8) is 0 Å². The van der Waals surface area contributed by atoms with Crippen molar-refractivity contribution in [2.24, 2.45) is 11.8 Å². The lowest BCUT2D eigenvalue weighted by atomic mass is 9.98. The highest BCUT2D eigenvalue weighted by atomic mass is 16.6. The number of ether oxygens (including phenoxy) is 1. The minimum atomic E-state index is -0.546. The molecule has 1 N–H and O–H groups in total. The summed E-state index contributed by atoms with van der Waals surface area (Å²) in [6.07, 6.45) is 9.41. The summed E-state index contributed by atoms with van der Waals surface area (Å²) in [4.78, 5) is 54.2. The maximum atomic E-state index is 13.4. The fourth-order valence-electron chi connectivity index (χ4n) is 10.0. The molecule has 0 saturated carbocycles. The molecule has 4 aromatic heterocycles. The van der Waals surface area contributed by atoms with Crippen molar-refractivity contribution < 1.29 is 19.1 Å². The summed E-state index contributed by atoms with van der Waals surface area (Å²) in [6, 6.07) is 24.3. The predicted octanol–water partition coefficient (Wildman–Crippen LogP) is 8.85. The van der Waals surface area contributed by atoms with E-state index in [-0.39, 0.29) is 17.9 Å². The first-order chi connectivity index (χ1) is 31.4. The summed E-state index contributed by atoms with van der Waals surface area (Å²) in [6.45, 7) is 17.9. The average molecular weight is 877 g/mol. The standard InChI is InChI=1S/C29H36N4O3.C24H28N4O/c1-20-10-14-31(15-11-20)27(34)21-8-9-25-23(17-21)24-19-32(28(35)36-29(2,3)4)16-12-26(24)33(25)18-22-7-5-6-13-30-22;1-17-8-12-27(13-9-17)24(29)18-5-6-22-20(14-18)21-15-25-11-7-23(21)28(22)16-19-4-2-3-10-26-19/h5-9,13,17,20H,10-12,14-16,18-19H2,1-4H3;2-6,10,14,17,25H,7-9,11-13,15-16H2,1H3. The Bertz CT molecular complexity index is 2670. The van der Waals surface area contributed by atoms with E-state index in [4.69, 9.17) is 4.74 Å². The number of fused-ring (bicyclic) bond motifs is 6. The van der Waals surface area contributed by atoms with Gasteiger partial charge in [0.15, 0.2) is 0 Å². The first kappa shape index (κ1) is 44.2. The molecule has 2 aromatic carbocycles.